The molecule has 2 N–H and O–H groups in total. The maximum atomic E-state index is 12.4. The van der Waals surface area contributed by atoms with Crippen LogP contribution < -0.4 is 10.6 Å². The van der Waals surface area contributed by atoms with Gasteiger partial charge in [-0.15, -0.1) is 0 Å². The molecule has 31 heavy (non-hydrogen) atoms. The number of nitro benzene ring substituents is 1. The highest BCUT2D eigenvalue weighted by Crippen LogP contribution is 2.27. The quantitative estimate of drug-likeness (QED) is 0.314. The van der Waals surface area contributed by atoms with E-state index in [0.29, 0.717) is 10.2 Å². The fraction of sp³-hybridized carbons (Fsp3) is 0.286. The third-order valence-electron chi connectivity index (χ3n) is 4.23. The minimum Gasteiger partial charge on any atom is -0.454 e. The molecule has 2 amide bonds. The van der Waals surface area contributed by atoms with E-state index in [4.69, 9.17) is 4.74 Å². The number of benzene rings is 2. The Labute approximate surface area is 187 Å². The second-order valence-corrected chi connectivity index (χ2v) is 7.88. The second-order valence-electron chi connectivity index (χ2n) is 7.03. The van der Waals surface area contributed by atoms with Crippen molar-refractivity contribution in [3.63, 3.8) is 0 Å². The average Bonchev–Trinajstić information content (AvgIpc) is 2.72. The second kappa shape index (κ2) is 11.2. The number of ether oxygens (including phenoxy) is 1. The lowest BCUT2D eigenvalue weighted by Crippen LogP contribution is -2.46. The average molecular weight is 492 g/mol. The smallest absolute Gasteiger partial charge is 0.329 e. The molecule has 0 aliphatic carbocycles. The van der Waals surface area contributed by atoms with E-state index in [1.807, 2.05) is 30.3 Å². The van der Waals surface area contributed by atoms with Crippen molar-refractivity contribution in [3.05, 3.63) is 68.7 Å². The molecule has 0 heterocycles. The summed E-state index contributed by atoms with van der Waals surface area (Å²) in [6.45, 7) is 2.94. The van der Waals surface area contributed by atoms with Gasteiger partial charge in [-0.05, 0) is 33.5 Å². The molecule has 0 bridgehead atoms. The predicted molar refractivity (Wildman–Crippen MR) is 117 cm³/mol. The lowest BCUT2D eigenvalue weighted by atomic mass is 10.0. The molecule has 10 heteroatoms. The van der Waals surface area contributed by atoms with Crippen molar-refractivity contribution in [1.29, 1.82) is 0 Å². The van der Waals surface area contributed by atoms with Crippen LogP contribution in [0.1, 0.15) is 19.4 Å². The normalized spacial score (nSPS) is 11.5. The molecule has 0 aliphatic heterocycles. The van der Waals surface area contributed by atoms with Gasteiger partial charge in [0.2, 0.25) is 5.91 Å². The minimum absolute atomic E-state index is 0.117. The summed E-state index contributed by atoms with van der Waals surface area (Å²) in [6.07, 6.45) is 0.117. The molecule has 0 fully saturated rings. The minimum atomic E-state index is -0.907. The Morgan fingerprint density at radius 2 is 1.77 bits per heavy atom. The molecule has 0 saturated carbocycles. The third kappa shape index (κ3) is 7.49. The topological polar surface area (TPSA) is 128 Å². The summed E-state index contributed by atoms with van der Waals surface area (Å²) >= 11 is 3.15. The van der Waals surface area contributed by atoms with Gasteiger partial charge in [0.25, 0.3) is 11.6 Å². The molecular weight excluding hydrogens is 470 g/mol. The molecule has 0 aliphatic rings. The molecule has 0 radical (unpaired) electrons. The van der Waals surface area contributed by atoms with Crippen LogP contribution in [0.3, 0.4) is 0 Å². The molecule has 0 saturated heterocycles. The number of nitro groups is 1. The molecule has 2 rings (SSSR count). The number of rotatable bonds is 9. The number of nitrogens with zero attached hydrogens (tertiary/aromatic N) is 1. The Bertz CT molecular complexity index is 965. The monoisotopic (exact) mass is 491 g/mol. The number of carbonyl (C=O) groups is 3. The molecule has 2 aromatic rings. The first-order valence-corrected chi connectivity index (χ1v) is 10.2. The van der Waals surface area contributed by atoms with E-state index in [0.717, 1.165) is 5.56 Å². The largest absolute Gasteiger partial charge is 0.454 e. The van der Waals surface area contributed by atoms with Crippen molar-refractivity contribution >= 4 is 45.1 Å². The molecule has 9 nitrogen and oxygen atoms in total. The number of hydrogen-bond donors (Lipinski definition) is 2. The maximum Gasteiger partial charge on any atom is 0.329 e. The van der Waals surface area contributed by atoms with Gasteiger partial charge in [-0.1, -0.05) is 44.2 Å². The van der Waals surface area contributed by atoms with Crippen molar-refractivity contribution in [2.24, 2.45) is 5.92 Å². The Balaban J connectivity index is 1.90. The molecule has 164 valence electrons. The van der Waals surface area contributed by atoms with Crippen LogP contribution >= 0.6 is 15.9 Å². The fourth-order valence-electron chi connectivity index (χ4n) is 2.64. The first-order chi connectivity index (χ1) is 14.7. The van der Waals surface area contributed by atoms with Crippen molar-refractivity contribution < 1.29 is 24.0 Å². The van der Waals surface area contributed by atoms with Crippen molar-refractivity contribution in [2.45, 2.75) is 26.3 Å². The van der Waals surface area contributed by atoms with Crippen molar-refractivity contribution in [3.8, 4) is 0 Å². The summed E-state index contributed by atoms with van der Waals surface area (Å²) in [5, 5.41) is 15.9. The highest BCUT2D eigenvalue weighted by molar-refractivity contribution is 9.10. The van der Waals surface area contributed by atoms with Gasteiger partial charge in [-0.3, -0.25) is 19.7 Å². The van der Waals surface area contributed by atoms with Gasteiger partial charge in [-0.2, -0.15) is 0 Å². The van der Waals surface area contributed by atoms with Crippen LogP contribution in [0.4, 0.5) is 11.4 Å². The zero-order chi connectivity index (χ0) is 23.0. The number of non-ortho nitro benzene ring substituents is 1. The summed E-state index contributed by atoms with van der Waals surface area (Å²) in [5.41, 5.74) is 0.967. The van der Waals surface area contributed by atoms with Crippen LogP contribution in [0, 0.1) is 16.0 Å². The van der Waals surface area contributed by atoms with E-state index < -0.39 is 29.4 Å². The lowest BCUT2D eigenvalue weighted by Gasteiger charge is -2.21. The van der Waals surface area contributed by atoms with Gasteiger partial charge >= 0.3 is 5.97 Å². The van der Waals surface area contributed by atoms with Crippen LogP contribution in [0.15, 0.2) is 53.0 Å². The summed E-state index contributed by atoms with van der Waals surface area (Å²) in [6, 6.07) is 12.0. The van der Waals surface area contributed by atoms with E-state index in [9.17, 15) is 24.5 Å². The molecule has 0 aromatic heterocycles. The molecule has 0 unspecified atom stereocenters. The summed E-state index contributed by atoms with van der Waals surface area (Å²) in [4.78, 5) is 47.0. The fourth-order valence-corrected chi connectivity index (χ4v) is 3.10. The molecule has 0 spiro atoms. The zero-order valence-corrected chi connectivity index (χ0v) is 18.5. The molecular formula is C21H22BrN3O6. The van der Waals surface area contributed by atoms with Gasteiger partial charge in [-0.25, -0.2) is 4.79 Å². The maximum absolute atomic E-state index is 12.4. The number of carbonyl (C=O) groups excluding carboxylic acids is 3. The number of hydrogen-bond acceptors (Lipinski definition) is 6. The van der Waals surface area contributed by atoms with Crippen molar-refractivity contribution in [2.75, 3.05) is 11.9 Å². The molecule has 2 aromatic carbocycles. The van der Waals surface area contributed by atoms with Gasteiger partial charge in [0.15, 0.2) is 6.61 Å². The van der Waals surface area contributed by atoms with Crippen LogP contribution in [0.25, 0.3) is 0 Å². The Morgan fingerprint density at radius 1 is 1.10 bits per heavy atom. The SMILES string of the molecule is CC(C)[C@H](NC(=O)Cc1ccccc1)C(=O)OCC(=O)Nc1ccc([N+](=O)[O-])cc1Br. The number of amides is 2. The zero-order valence-electron chi connectivity index (χ0n) is 17.0. The third-order valence-corrected chi connectivity index (χ3v) is 4.88. The van der Waals surface area contributed by atoms with Crippen molar-refractivity contribution in [1.82, 2.24) is 5.32 Å². The van der Waals surface area contributed by atoms with Gasteiger partial charge in [0.1, 0.15) is 6.04 Å². The number of halogens is 1. The summed E-state index contributed by atoms with van der Waals surface area (Å²) < 4.78 is 5.38. The van der Waals surface area contributed by atoms with E-state index >= 15 is 0 Å². The lowest BCUT2D eigenvalue weighted by molar-refractivity contribution is -0.384. The Morgan fingerprint density at radius 3 is 2.35 bits per heavy atom. The van der Waals surface area contributed by atoms with Crippen LogP contribution in [-0.4, -0.2) is 35.4 Å². The van der Waals surface area contributed by atoms with E-state index in [2.05, 4.69) is 26.6 Å². The number of anilines is 1. The molecule has 1 atom stereocenters. The van der Waals surface area contributed by atoms with E-state index in [1.165, 1.54) is 18.2 Å². The summed E-state index contributed by atoms with van der Waals surface area (Å²) in [5.74, 6) is -1.93. The summed E-state index contributed by atoms with van der Waals surface area (Å²) in [7, 11) is 0. The Hall–Kier alpha value is -3.27. The van der Waals surface area contributed by atoms with Gasteiger partial charge in [0, 0.05) is 16.6 Å². The highest BCUT2D eigenvalue weighted by atomic mass is 79.9. The van der Waals surface area contributed by atoms with Gasteiger partial charge < -0.3 is 15.4 Å². The first kappa shape index (κ1) is 24.0. The Kier molecular flexibility index (Phi) is 8.68. The standard InChI is InChI=1S/C21H22BrN3O6/c1-13(2)20(24-18(26)10-14-6-4-3-5-7-14)21(28)31-12-19(27)23-17-9-8-15(25(29)30)11-16(17)22/h3-9,11,13,20H,10,12H2,1-2H3,(H,23,27)(H,24,26)/t20-/m0/s1. The van der Waals surface area contributed by atoms with E-state index in [-0.39, 0.29) is 23.9 Å². The highest BCUT2D eigenvalue weighted by Gasteiger charge is 2.26. The van der Waals surface area contributed by atoms with Crippen LogP contribution in [-0.2, 0) is 25.5 Å². The number of esters is 1. The predicted octanol–water partition coefficient (Wildman–Crippen LogP) is 3.22. The van der Waals surface area contributed by atoms with Crippen LogP contribution in [0.2, 0.25) is 0 Å². The first-order valence-electron chi connectivity index (χ1n) is 9.41. The van der Waals surface area contributed by atoms with Crippen LogP contribution in [0.5, 0.6) is 0 Å². The number of nitrogens with one attached hydrogen (secondary N) is 2. The van der Waals surface area contributed by atoms with E-state index in [1.54, 1.807) is 13.8 Å². The van der Waals surface area contributed by atoms with Gasteiger partial charge in [0.05, 0.1) is 17.0 Å².